The van der Waals surface area contributed by atoms with Gasteiger partial charge in [-0.25, -0.2) is 0 Å². The van der Waals surface area contributed by atoms with Crippen LogP contribution in [0.15, 0.2) is 24.3 Å². The van der Waals surface area contributed by atoms with Crippen molar-refractivity contribution in [1.82, 2.24) is 5.32 Å². The topological polar surface area (TPSA) is 49.3 Å². The summed E-state index contributed by atoms with van der Waals surface area (Å²) in [7, 11) is 0. The summed E-state index contributed by atoms with van der Waals surface area (Å²) >= 11 is 1.61. The molecule has 0 saturated heterocycles. The van der Waals surface area contributed by atoms with Crippen LogP contribution in [0.5, 0.6) is 0 Å². The van der Waals surface area contributed by atoms with Gasteiger partial charge in [-0.05, 0) is 25.3 Å². The lowest BCUT2D eigenvalue weighted by Gasteiger charge is -2.13. The Bertz CT molecular complexity index is 412. The number of nitrogens with one attached hydrogen (secondary N) is 1. The van der Waals surface area contributed by atoms with Gasteiger partial charge in [0, 0.05) is 5.75 Å². The molecule has 0 bridgehead atoms. The van der Waals surface area contributed by atoms with Gasteiger partial charge in [0.25, 0.3) is 0 Å². The quantitative estimate of drug-likeness (QED) is 0.825. The molecule has 1 aromatic rings. The Morgan fingerprint density at radius 2 is 2.06 bits per heavy atom. The summed E-state index contributed by atoms with van der Waals surface area (Å²) in [5, 5.41) is 12.0. The highest BCUT2D eigenvalue weighted by atomic mass is 32.2. The van der Waals surface area contributed by atoms with E-state index in [0.717, 1.165) is 18.6 Å². The molecule has 1 saturated carbocycles. The van der Waals surface area contributed by atoms with Gasteiger partial charge in [-0.3, -0.25) is 4.79 Å². The maximum absolute atomic E-state index is 11.7. The summed E-state index contributed by atoms with van der Waals surface area (Å²) in [5.41, 5.74) is 2.20. The van der Waals surface area contributed by atoms with E-state index in [1.165, 1.54) is 11.1 Å². The molecule has 0 atom stereocenters. The van der Waals surface area contributed by atoms with Crippen LogP contribution in [-0.4, -0.2) is 28.9 Å². The van der Waals surface area contributed by atoms with Gasteiger partial charge < -0.3 is 10.4 Å². The summed E-state index contributed by atoms with van der Waals surface area (Å²) in [6.45, 7) is 2.12. The van der Waals surface area contributed by atoms with Crippen molar-refractivity contribution in [3.05, 3.63) is 35.4 Å². The number of carbonyl (C=O) groups is 1. The fourth-order valence-corrected chi connectivity index (χ4v) is 2.54. The third-order valence-electron chi connectivity index (χ3n) is 3.18. The molecule has 0 heterocycles. The first-order valence-electron chi connectivity index (χ1n) is 6.19. The first-order valence-corrected chi connectivity index (χ1v) is 7.34. The minimum Gasteiger partial charge on any atom is -0.394 e. The molecule has 1 aliphatic carbocycles. The minimum absolute atomic E-state index is 0.0265. The van der Waals surface area contributed by atoms with Gasteiger partial charge >= 0.3 is 0 Å². The van der Waals surface area contributed by atoms with Crippen molar-refractivity contribution >= 4 is 17.7 Å². The average molecular weight is 265 g/mol. The summed E-state index contributed by atoms with van der Waals surface area (Å²) in [4.78, 5) is 11.7. The normalized spacial score (nSPS) is 16.3. The number of amides is 1. The van der Waals surface area contributed by atoms with Crippen LogP contribution in [0, 0.1) is 6.92 Å². The SMILES string of the molecule is Cc1ccc(CSCC(=O)NC2(CO)CC2)cc1. The van der Waals surface area contributed by atoms with E-state index in [-0.39, 0.29) is 18.1 Å². The predicted molar refractivity (Wildman–Crippen MR) is 74.5 cm³/mol. The molecule has 1 aliphatic rings. The maximum Gasteiger partial charge on any atom is 0.230 e. The van der Waals surface area contributed by atoms with Crippen LogP contribution < -0.4 is 5.32 Å². The molecule has 2 N–H and O–H groups in total. The van der Waals surface area contributed by atoms with E-state index in [0.29, 0.717) is 5.75 Å². The number of aliphatic hydroxyl groups excluding tert-OH is 1. The summed E-state index contributed by atoms with van der Waals surface area (Å²) < 4.78 is 0. The van der Waals surface area contributed by atoms with E-state index in [9.17, 15) is 4.79 Å². The highest BCUT2D eigenvalue weighted by molar-refractivity contribution is 7.99. The molecule has 0 unspecified atom stereocenters. The van der Waals surface area contributed by atoms with Crippen molar-refractivity contribution in [2.75, 3.05) is 12.4 Å². The van der Waals surface area contributed by atoms with Crippen molar-refractivity contribution in [3.63, 3.8) is 0 Å². The summed E-state index contributed by atoms with van der Waals surface area (Å²) in [6, 6.07) is 8.36. The van der Waals surface area contributed by atoms with Gasteiger partial charge in [0.2, 0.25) is 5.91 Å². The monoisotopic (exact) mass is 265 g/mol. The number of aryl methyl sites for hydroxylation is 1. The standard InChI is InChI=1S/C14H19NO2S/c1-11-2-4-12(5-3-11)8-18-9-13(17)15-14(10-16)6-7-14/h2-5,16H,6-10H2,1H3,(H,15,17). The predicted octanol–water partition coefficient (Wildman–Crippen LogP) is 1.87. The summed E-state index contributed by atoms with van der Waals surface area (Å²) in [5.74, 6) is 1.33. The zero-order chi connectivity index (χ0) is 13.0. The van der Waals surface area contributed by atoms with Gasteiger partial charge in [0.15, 0.2) is 0 Å². The van der Waals surface area contributed by atoms with E-state index < -0.39 is 0 Å². The molecule has 3 nitrogen and oxygen atoms in total. The first-order chi connectivity index (χ1) is 8.63. The zero-order valence-electron chi connectivity index (χ0n) is 10.6. The van der Waals surface area contributed by atoms with Gasteiger partial charge in [-0.2, -0.15) is 0 Å². The number of thioether (sulfide) groups is 1. The number of aliphatic hydroxyl groups is 1. The Morgan fingerprint density at radius 3 is 2.61 bits per heavy atom. The van der Waals surface area contributed by atoms with Crippen LogP contribution in [-0.2, 0) is 10.5 Å². The molecule has 0 aliphatic heterocycles. The van der Waals surface area contributed by atoms with Gasteiger partial charge in [-0.1, -0.05) is 29.8 Å². The third-order valence-corrected chi connectivity index (χ3v) is 4.19. The number of hydrogen-bond donors (Lipinski definition) is 2. The lowest BCUT2D eigenvalue weighted by atomic mass is 10.2. The smallest absolute Gasteiger partial charge is 0.230 e. The molecule has 1 fully saturated rings. The lowest BCUT2D eigenvalue weighted by molar-refractivity contribution is -0.119. The van der Waals surface area contributed by atoms with Gasteiger partial charge in [0.05, 0.1) is 17.9 Å². The third kappa shape index (κ3) is 3.75. The van der Waals surface area contributed by atoms with Crippen LogP contribution in [0.2, 0.25) is 0 Å². The van der Waals surface area contributed by atoms with Crippen molar-refractivity contribution in [2.45, 2.75) is 31.1 Å². The molecule has 98 valence electrons. The van der Waals surface area contributed by atoms with Crippen LogP contribution in [0.4, 0.5) is 0 Å². The molecule has 18 heavy (non-hydrogen) atoms. The Kier molecular flexibility index (Phi) is 4.30. The minimum atomic E-state index is -0.290. The molecule has 4 heteroatoms. The second-order valence-electron chi connectivity index (χ2n) is 4.97. The van der Waals surface area contributed by atoms with E-state index in [1.54, 1.807) is 11.8 Å². The van der Waals surface area contributed by atoms with Crippen molar-refractivity contribution in [3.8, 4) is 0 Å². The highest BCUT2D eigenvalue weighted by Gasteiger charge is 2.43. The number of rotatable bonds is 6. The number of benzene rings is 1. The Morgan fingerprint density at radius 1 is 1.39 bits per heavy atom. The van der Waals surface area contributed by atoms with E-state index in [1.807, 2.05) is 0 Å². The van der Waals surface area contributed by atoms with Crippen LogP contribution in [0.3, 0.4) is 0 Å². The Hall–Kier alpha value is -1.00. The fraction of sp³-hybridized carbons (Fsp3) is 0.500. The second-order valence-corrected chi connectivity index (χ2v) is 5.95. The highest BCUT2D eigenvalue weighted by Crippen LogP contribution is 2.34. The van der Waals surface area contributed by atoms with Crippen molar-refractivity contribution in [1.29, 1.82) is 0 Å². The first kappa shape index (κ1) is 13.4. The Balaban J connectivity index is 1.69. The molecular formula is C14H19NO2S. The maximum atomic E-state index is 11.7. The van der Waals surface area contributed by atoms with E-state index in [4.69, 9.17) is 5.11 Å². The van der Waals surface area contributed by atoms with Crippen LogP contribution >= 0.6 is 11.8 Å². The molecule has 0 aromatic heterocycles. The Labute approximate surface area is 112 Å². The molecule has 0 radical (unpaired) electrons. The molecule has 1 aromatic carbocycles. The van der Waals surface area contributed by atoms with E-state index >= 15 is 0 Å². The lowest BCUT2D eigenvalue weighted by Crippen LogP contribution is -2.40. The number of carbonyl (C=O) groups excluding carboxylic acids is 1. The van der Waals surface area contributed by atoms with Gasteiger partial charge in [0.1, 0.15) is 0 Å². The van der Waals surface area contributed by atoms with Crippen molar-refractivity contribution < 1.29 is 9.90 Å². The van der Waals surface area contributed by atoms with Crippen LogP contribution in [0.25, 0.3) is 0 Å². The van der Waals surface area contributed by atoms with Gasteiger partial charge in [-0.15, -0.1) is 11.8 Å². The average Bonchev–Trinajstić information content (AvgIpc) is 3.12. The largest absolute Gasteiger partial charge is 0.394 e. The molecule has 2 rings (SSSR count). The second kappa shape index (κ2) is 5.76. The van der Waals surface area contributed by atoms with E-state index in [2.05, 4.69) is 36.5 Å². The molecular weight excluding hydrogens is 246 g/mol. The van der Waals surface area contributed by atoms with Crippen molar-refractivity contribution in [2.24, 2.45) is 0 Å². The molecule has 0 spiro atoms. The number of hydrogen-bond acceptors (Lipinski definition) is 3. The van der Waals surface area contributed by atoms with Crippen LogP contribution in [0.1, 0.15) is 24.0 Å². The fourth-order valence-electron chi connectivity index (χ4n) is 1.75. The summed E-state index contributed by atoms with van der Waals surface area (Å²) in [6.07, 6.45) is 1.80. The zero-order valence-corrected chi connectivity index (χ0v) is 11.4. The molecule has 1 amide bonds.